The molecule has 28 heavy (non-hydrogen) atoms. The summed E-state index contributed by atoms with van der Waals surface area (Å²) in [6.45, 7) is 1.20. The highest BCUT2D eigenvalue weighted by Gasteiger charge is 2.30. The molecule has 0 radical (unpaired) electrons. The normalized spacial score (nSPS) is 17.2. The summed E-state index contributed by atoms with van der Waals surface area (Å²) in [6, 6.07) is 14.2. The van der Waals surface area contributed by atoms with Crippen LogP contribution in [0, 0.1) is 17.2 Å². The SMILES string of the molecule is N#Cc1ccccc1C(=O)N1CCCC(CCc2cccc(C(F)(F)F)c2)C1. The molecule has 146 valence electrons. The number of rotatable bonds is 4. The van der Waals surface area contributed by atoms with Crippen LogP contribution in [0.4, 0.5) is 13.2 Å². The number of piperidine rings is 1. The fourth-order valence-corrected chi connectivity index (χ4v) is 3.70. The molecule has 0 aromatic heterocycles. The summed E-state index contributed by atoms with van der Waals surface area (Å²) in [5.74, 6) is 0.0856. The number of hydrogen-bond donors (Lipinski definition) is 0. The van der Waals surface area contributed by atoms with Gasteiger partial charge in [-0.3, -0.25) is 4.79 Å². The van der Waals surface area contributed by atoms with Crippen molar-refractivity contribution in [3.63, 3.8) is 0 Å². The maximum atomic E-state index is 12.9. The van der Waals surface area contributed by atoms with E-state index in [0.29, 0.717) is 36.2 Å². The lowest BCUT2D eigenvalue weighted by Gasteiger charge is -2.33. The molecule has 3 nitrogen and oxygen atoms in total. The van der Waals surface area contributed by atoms with Crippen molar-refractivity contribution in [3.8, 4) is 6.07 Å². The van der Waals surface area contributed by atoms with Gasteiger partial charge in [-0.05, 0) is 55.4 Å². The van der Waals surface area contributed by atoms with E-state index in [0.717, 1.165) is 25.3 Å². The van der Waals surface area contributed by atoms with Gasteiger partial charge in [-0.25, -0.2) is 0 Å². The molecule has 0 spiro atoms. The van der Waals surface area contributed by atoms with Gasteiger partial charge in [0, 0.05) is 13.1 Å². The fraction of sp³-hybridized carbons (Fsp3) is 0.364. The Hall–Kier alpha value is -2.81. The second kappa shape index (κ2) is 8.47. The van der Waals surface area contributed by atoms with E-state index in [1.165, 1.54) is 12.1 Å². The van der Waals surface area contributed by atoms with Gasteiger partial charge < -0.3 is 4.90 Å². The minimum Gasteiger partial charge on any atom is -0.338 e. The first kappa shape index (κ1) is 19.9. The van der Waals surface area contributed by atoms with Crippen molar-refractivity contribution in [1.82, 2.24) is 4.90 Å². The summed E-state index contributed by atoms with van der Waals surface area (Å²) in [5, 5.41) is 9.21. The van der Waals surface area contributed by atoms with Gasteiger partial charge in [-0.1, -0.05) is 30.3 Å². The second-order valence-electron chi connectivity index (χ2n) is 7.15. The molecule has 2 aromatic carbocycles. The molecule has 1 aliphatic rings. The van der Waals surface area contributed by atoms with Gasteiger partial charge >= 0.3 is 6.18 Å². The van der Waals surface area contributed by atoms with Crippen molar-refractivity contribution in [3.05, 3.63) is 70.8 Å². The number of amides is 1. The topological polar surface area (TPSA) is 44.1 Å². The fourth-order valence-electron chi connectivity index (χ4n) is 3.70. The summed E-state index contributed by atoms with van der Waals surface area (Å²) >= 11 is 0. The van der Waals surface area contributed by atoms with Crippen molar-refractivity contribution in [1.29, 1.82) is 5.26 Å². The Morgan fingerprint density at radius 2 is 1.96 bits per heavy atom. The van der Waals surface area contributed by atoms with Gasteiger partial charge in [0.15, 0.2) is 0 Å². The highest BCUT2D eigenvalue weighted by Crippen LogP contribution is 2.30. The smallest absolute Gasteiger partial charge is 0.338 e. The monoisotopic (exact) mass is 386 g/mol. The second-order valence-corrected chi connectivity index (χ2v) is 7.15. The standard InChI is InChI=1S/C22H21F3N2O/c23-22(24,25)19-8-3-5-16(13-19)10-11-17-6-4-12-27(15-17)21(28)20-9-2-1-7-18(20)14-26/h1-3,5,7-9,13,17H,4,6,10-12,15H2. The summed E-state index contributed by atoms with van der Waals surface area (Å²) in [7, 11) is 0. The summed E-state index contributed by atoms with van der Waals surface area (Å²) < 4.78 is 38.6. The van der Waals surface area contributed by atoms with Crippen LogP contribution in [0.15, 0.2) is 48.5 Å². The molecular weight excluding hydrogens is 365 g/mol. The largest absolute Gasteiger partial charge is 0.416 e. The maximum Gasteiger partial charge on any atom is 0.416 e. The average molecular weight is 386 g/mol. The number of carbonyl (C=O) groups is 1. The van der Waals surface area contributed by atoms with E-state index in [1.807, 2.05) is 0 Å². The zero-order valence-corrected chi connectivity index (χ0v) is 15.4. The predicted molar refractivity (Wildman–Crippen MR) is 99.5 cm³/mol. The lowest BCUT2D eigenvalue weighted by Crippen LogP contribution is -2.40. The molecule has 1 heterocycles. The Labute approximate surface area is 162 Å². The van der Waals surface area contributed by atoms with E-state index in [-0.39, 0.29) is 11.8 Å². The Morgan fingerprint density at radius 3 is 2.71 bits per heavy atom. The maximum absolute atomic E-state index is 12.9. The first-order valence-corrected chi connectivity index (χ1v) is 9.33. The van der Waals surface area contributed by atoms with Crippen LogP contribution in [0.3, 0.4) is 0 Å². The third kappa shape index (κ3) is 4.72. The zero-order chi connectivity index (χ0) is 20.1. The summed E-state index contributed by atoms with van der Waals surface area (Å²) in [6.07, 6.45) is -1.26. The van der Waals surface area contributed by atoms with Crippen molar-refractivity contribution < 1.29 is 18.0 Å². The summed E-state index contributed by atoms with van der Waals surface area (Å²) in [5.41, 5.74) is 0.800. The molecule has 0 bridgehead atoms. The van der Waals surface area contributed by atoms with Gasteiger partial charge in [0.25, 0.3) is 5.91 Å². The average Bonchev–Trinajstić information content (AvgIpc) is 2.71. The van der Waals surface area contributed by atoms with Crippen LogP contribution >= 0.6 is 0 Å². The number of hydrogen-bond acceptors (Lipinski definition) is 2. The van der Waals surface area contributed by atoms with E-state index < -0.39 is 11.7 Å². The van der Waals surface area contributed by atoms with Crippen LogP contribution in [-0.4, -0.2) is 23.9 Å². The van der Waals surface area contributed by atoms with E-state index in [9.17, 15) is 23.2 Å². The first-order chi connectivity index (χ1) is 13.4. The van der Waals surface area contributed by atoms with Gasteiger partial charge in [0.1, 0.15) is 0 Å². The van der Waals surface area contributed by atoms with Crippen LogP contribution in [-0.2, 0) is 12.6 Å². The molecule has 0 aliphatic carbocycles. The van der Waals surface area contributed by atoms with Crippen LogP contribution in [0.25, 0.3) is 0 Å². The summed E-state index contributed by atoms with van der Waals surface area (Å²) in [4.78, 5) is 14.6. The molecule has 1 atom stereocenters. The number of aryl methyl sites for hydroxylation is 1. The Balaban J connectivity index is 1.63. The molecule has 1 amide bonds. The molecule has 2 aromatic rings. The van der Waals surface area contributed by atoms with Crippen LogP contribution in [0.2, 0.25) is 0 Å². The minimum atomic E-state index is -4.34. The zero-order valence-electron chi connectivity index (χ0n) is 15.4. The third-order valence-electron chi connectivity index (χ3n) is 5.18. The molecule has 6 heteroatoms. The van der Waals surface area contributed by atoms with E-state index >= 15 is 0 Å². The van der Waals surface area contributed by atoms with Crippen molar-refractivity contribution in [2.24, 2.45) is 5.92 Å². The Bertz CT molecular complexity index is 886. The number of likely N-dealkylation sites (tertiary alicyclic amines) is 1. The molecule has 1 aliphatic heterocycles. The number of benzene rings is 2. The lowest BCUT2D eigenvalue weighted by atomic mass is 9.91. The molecule has 3 rings (SSSR count). The number of halogens is 3. The number of carbonyl (C=O) groups excluding carboxylic acids is 1. The number of nitrogens with zero attached hydrogens (tertiary/aromatic N) is 2. The molecule has 1 fully saturated rings. The van der Waals surface area contributed by atoms with Crippen LogP contribution in [0.1, 0.15) is 46.3 Å². The molecule has 0 N–H and O–H groups in total. The van der Waals surface area contributed by atoms with E-state index in [2.05, 4.69) is 6.07 Å². The predicted octanol–water partition coefficient (Wildman–Crippen LogP) is 5.06. The van der Waals surface area contributed by atoms with Gasteiger partial charge in [0.2, 0.25) is 0 Å². The van der Waals surface area contributed by atoms with Gasteiger partial charge in [0.05, 0.1) is 22.8 Å². The van der Waals surface area contributed by atoms with Crippen molar-refractivity contribution in [2.45, 2.75) is 31.9 Å². The van der Waals surface area contributed by atoms with E-state index in [1.54, 1.807) is 35.2 Å². The van der Waals surface area contributed by atoms with Crippen LogP contribution in [0.5, 0.6) is 0 Å². The van der Waals surface area contributed by atoms with E-state index in [4.69, 9.17) is 0 Å². The number of alkyl halides is 3. The Morgan fingerprint density at radius 1 is 1.18 bits per heavy atom. The molecular formula is C22H21F3N2O. The van der Waals surface area contributed by atoms with Crippen molar-refractivity contribution in [2.75, 3.05) is 13.1 Å². The van der Waals surface area contributed by atoms with Gasteiger partial charge in [-0.2, -0.15) is 18.4 Å². The van der Waals surface area contributed by atoms with Gasteiger partial charge in [-0.15, -0.1) is 0 Å². The highest BCUT2D eigenvalue weighted by molar-refractivity contribution is 5.96. The first-order valence-electron chi connectivity index (χ1n) is 9.33. The molecule has 1 unspecified atom stereocenters. The molecule has 0 saturated carbocycles. The highest BCUT2D eigenvalue weighted by atomic mass is 19.4. The lowest BCUT2D eigenvalue weighted by molar-refractivity contribution is -0.137. The number of nitriles is 1. The Kier molecular flexibility index (Phi) is 6.03. The quantitative estimate of drug-likeness (QED) is 0.737. The van der Waals surface area contributed by atoms with Crippen LogP contribution < -0.4 is 0 Å². The molecule has 1 saturated heterocycles. The minimum absolute atomic E-state index is 0.152. The van der Waals surface area contributed by atoms with Crippen molar-refractivity contribution >= 4 is 5.91 Å². The third-order valence-corrected chi connectivity index (χ3v) is 5.18.